The molecule has 0 saturated carbocycles. The van der Waals surface area contributed by atoms with Crippen molar-refractivity contribution < 1.29 is 19.8 Å². The number of carbonyl (C=O) groups excluding carboxylic acids is 1. The number of hydrogen-bond acceptors (Lipinski definition) is 4. The number of aliphatic carboxylic acids is 1. The second-order valence-electron chi connectivity index (χ2n) is 3.57. The van der Waals surface area contributed by atoms with Gasteiger partial charge in [0.25, 0.3) is 0 Å². The predicted molar refractivity (Wildman–Crippen MR) is 66.5 cm³/mol. The number of nitrogens with two attached hydrogens (primary N) is 2. The summed E-state index contributed by atoms with van der Waals surface area (Å²) in [5.41, 5.74) is 10.3. The molecule has 0 aliphatic heterocycles. The van der Waals surface area contributed by atoms with Crippen molar-refractivity contribution in [2.75, 3.05) is 0 Å². The summed E-state index contributed by atoms with van der Waals surface area (Å²) >= 11 is 0. The van der Waals surface area contributed by atoms with Gasteiger partial charge >= 0.3 is 5.97 Å². The maximum absolute atomic E-state index is 10.2. The normalized spacial score (nSPS) is 12.8. The Labute approximate surface area is 105 Å². The molecule has 6 N–H and O–H groups in total. The van der Waals surface area contributed by atoms with Crippen LogP contribution in [0.25, 0.3) is 0 Å². The van der Waals surface area contributed by atoms with Crippen molar-refractivity contribution in [1.29, 1.82) is 0 Å². The summed E-state index contributed by atoms with van der Waals surface area (Å²) in [4.78, 5) is 20.3. The summed E-state index contributed by atoms with van der Waals surface area (Å²) in [5, 5.41) is 17.4. The lowest BCUT2D eigenvalue weighted by Gasteiger charge is -2.03. The van der Waals surface area contributed by atoms with Crippen LogP contribution in [0.5, 0.6) is 0 Å². The summed E-state index contributed by atoms with van der Waals surface area (Å²) in [6.45, 7) is 1.81. The molecule has 0 heterocycles. The quantitative estimate of drug-likeness (QED) is 0.602. The van der Waals surface area contributed by atoms with Gasteiger partial charge in [0.05, 0.1) is 6.04 Å². The molecule has 2 atom stereocenters. The Kier molecular flexibility index (Phi) is 7.34. The minimum atomic E-state index is -1.41. The molecule has 0 aliphatic carbocycles. The van der Waals surface area contributed by atoms with E-state index in [1.54, 1.807) is 30.3 Å². The summed E-state index contributed by atoms with van der Waals surface area (Å²) in [7, 11) is 0. The van der Waals surface area contributed by atoms with Gasteiger partial charge in [-0.05, 0) is 12.0 Å². The first-order valence-electron chi connectivity index (χ1n) is 5.40. The Morgan fingerprint density at radius 2 is 1.78 bits per heavy atom. The second-order valence-corrected chi connectivity index (χ2v) is 3.57. The maximum Gasteiger partial charge on any atom is 0.337 e. The van der Waals surface area contributed by atoms with Gasteiger partial charge in [0.1, 0.15) is 0 Å². The molecule has 100 valence electrons. The monoisotopic (exact) mass is 254 g/mol. The van der Waals surface area contributed by atoms with Crippen LogP contribution in [0.3, 0.4) is 0 Å². The molecule has 6 heteroatoms. The smallest absolute Gasteiger partial charge is 0.337 e. The highest BCUT2D eigenvalue weighted by molar-refractivity contribution is 5.79. The Morgan fingerprint density at radius 3 is 2.06 bits per heavy atom. The van der Waals surface area contributed by atoms with Gasteiger partial charge in [-0.3, -0.25) is 4.79 Å². The zero-order valence-corrected chi connectivity index (χ0v) is 10.1. The zero-order chi connectivity index (χ0) is 14.1. The Morgan fingerprint density at radius 1 is 1.28 bits per heavy atom. The maximum atomic E-state index is 10.2. The van der Waals surface area contributed by atoms with Gasteiger partial charge in [0, 0.05) is 0 Å². The third kappa shape index (κ3) is 5.97. The van der Waals surface area contributed by atoms with Crippen molar-refractivity contribution in [2.24, 2.45) is 11.5 Å². The molecular formula is C12H18N2O4. The summed E-state index contributed by atoms with van der Waals surface area (Å²) in [6, 6.07) is 7.80. The fourth-order valence-corrected chi connectivity index (χ4v) is 0.979. The fraction of sp³-hybridized carbons (Fsp3) is 0.333. The molecule has 0 saturated heterocycles. The minimum absolute atomic E-state index is 0.403. The van der Waals surface area contributed by atoms with E-state index in [-0.39, 0.29) is 0 Å². The number of primary amides is 1. The number of aliphatic hydroxyl groups is 1. The second kappa shape index (κ2) is 8.21. The molecule has 0 aromatic heterocycles. The molecule has 1 amide bonds. The molecule has 6 nitrogen and oxygen atoms in total. The van der Waals surface area contributed by atoms with Crippen molar-refractivity contribution >= 4 is 11.9 Å². The van der Waals surface area contributed by atoms with Crippen molar-refractivity contribution in [3.8, 4) is 0 Å². The van der Waals surface area contributed by atoms with E-state index in [2.05, 4.69) is 0 Å². The van der Waals surface area contributed by atoms with Gasteiger partial charge in [-0.15, -0.1) is 0 Å². The van der Waals surface area contributed by atoms with Gasteiger partial charge in [-0.1, -0.05) is 37.3 Å². The number of hydrogen-bond donors (Lipinski definition) is 4. The van der Waals surface area contributed by atoms with E-state index in [0.29, 0.717) is 12.0 Å². The van der Waals surface area contributed by atoms with Crippen molar-refractivity contribution in [1.82, 2.24) is 0 Å². The minimum Gasteiger partial charge on any atom is -0.479 e. The van der Waals surface area contributed by atoms with Gasteiger partial charge in [0.15, 0.2) is 6.10 Å². The number of carboxylic acids is 1. The Bertz CT molecular complexity index is 381. The lowest BCUT2D eigenvalue weighted by molar-refractivity contribution is -0.146. The molecule has 1 rings (SSSR count). The van der Waals surface area contributed by atoms with E-state index in [1.807, 2.05) is 6.92 Å². The van der Waals surface area contributed by atoms with Crippen LogP contribution in [0.2, 0.25) is 0 Å². The van der Waals surface area contributed by atoms with Crippen LogP contribution in [-0.4, -0.2) is 28.1 Å². The topological polar surface area (TPSA) is 127 Å². The van der Waals surface area contributed by atoms with Crippen LogP contribution in [0.1, 0.15) is 25.0 Å². The molecule has 18 heavy (non-hydrogen) atoms. The lowest BCUT2D eigenvalue weighted by Crippen LogP contribution is -2.35. The first kappa shape index (κ1) is 16.1. The highest BCUT2D eigenvalue weighted by atomic mass is 16.4. The van der Waals surface area contributed by atoms with Crippen LogP contribution in [0, 0.1) is 0 Å². The van der Waals surface area contributed by atoms with Crippen LogP contribution < -0.4 is 11.5 Å². The van der Waals surface area contributed by atoms with Crippen molar-refractivity contribution in [2.45, 2.75) is 25.5 Å². The molecule has 1 aromatic rings. The average molecular weight is 254 g/mol. The van der Waals surface area contributed by atoms with Gasteiger partial charge in [-0.25, -0.2) is 4.79 Å². The first-order chi connectivity index (χ1) is 8.40. The fourth-order valence-electron chi connectivity index (χ4n) is 0.979. The third-order valence-electron chi connectivity index (χ3n) is 2.15. The zero-order valence-electron chi connectivity index (χ0n) is 10.1. The number of carboxylic acid groups (broad SMARTS) is 1. The van der Waals surface area contributed by atoms with Gasteiger partial charge in [-0.2, -0.15) is 0 Å². The number of carbonyl (C=O) groups is 2. The van der Waals surface area contributed by atoms with E-state index >= 15 is 0 Å². The molecule has 0 spiro atoms. The Hall–Kier alpha value is -1.92. The van der Waals surface area contributed by atoms with Crippen LogP contribution >= 0.6 is 0 Å². The van der Waals surface area contributed by atoms with Crippen LogP contribution in [-0.2, 0) is 9.59 Å². The van der Waals surface area contributed by atoms with Crippen LogP contribution in [0.15, 0.2) is 30.3 Å². The van der Waals surface area contributed by atoms with Crippen LogP contribution in [0.4, 0.5) is 0 Å². The third-order valence-corrected chi connectivity index (χ3v) is 2.15. The molecule has 0 aliphatic rings. The van der Waals surface area contributed by atoms with E-state index in [4.69, 9.17) is 21.7 Å². The standard InChI is InChI=1S/C8H8O3.C4H10N2O/c9-7(8(10)11)6-4-2-1-3-5-6;1-2-3(5)4(6)7/h1-5,7,9H,(H,10,11);3H,2,5H2,1H3,(H2,6,7)/t7-;3-/m10/s1. The van der Waals surface area contributed by atoms with Gasteiger partial charge in [0.2, 0.25) is 5.91 Å². The molecular weight excluding hydrogens is 236 g/mol. The predicted octanol–water partition coefficient (Wildman–Crippen LogP) is 0.0136. The van der Waals surface area contributed by atoms with Crippen molar-refractivity contribution in [3.05, 3.63) is 35.9 Å². The molecule has 0 radical (unpaired) electrons. The van der Waals surface area contributed by atoms with E-state index < -0.39 is 24.0 Å². The largest absolute Gasteiger partial charge is 0.479 e. The molecule has 0 bridgehead atoms. The first-order valence-corrected chi connectivity index (χ1v) is 5.40. The lowest BCUT2D eigenvalue weighted by atomic mass is 10.1. The number of rotatable bonds is 4. The van der Waals surface area contributed by atoms with E-state index in [9.17, 15) is 9.59 Å². The summed E-state index contributed by atoms with van der Waals surface area (Å²) in [5.74, 6) is -1.65. The summed E-state index contributed by atoms with van der Waals surface area (Å²) in [6.07, 6.45) is -0.786. The molecule has 0 unspecified atom stereocenters. The number of amides is 1. The van der Waals surface area contributed by atoms with E-state index in [1.165, 1.54) is 0 Å². The van der Waals surface area contributed by atoms with E-state index in [0.717, 1.165) is 0 Å². The Balaban J connectivity index is 0.000000360. The van der Waals surface area contributed by atoms with Gasteiger partial charge < -0.3 is 21.7 Å². The highest BCUT2D eigenvalue weighted by Gasteiger charge is 2.14. The average Bonchev–Trinajstić information content (AvgIpc) is 2.38. The molecule has 0 fully saturated rings. The number of aliphatic hydroxyl groups excluding tert-OH is 1. The summed E-state index contributed by atoms with van der Waals surface area (Å²) < 4.78 is 0. The number of benzene rings is 1. The SMILES string of the molecule is CC[C@H](N)C(N)=O.O=C(O)[C@H](O)c1ccccc1. The van der Waals surface area contributed by atoms with Crippen molar-refractivity contribution in [3.63, 3.8) is 0 Å². The molecule has 1 aromatic carbocycles. The highest BCUT2D eigenvalue weighted by Crippen LogP contribution is 2.10.